The number of hydrogen-bond acceptors (Lipinski definition) is 5. The van der Waals surface area contributed by atoms with Gasteiger partial charge in [0.25, 0.3) is 0 Å². The molecule has 0 radical (unpaired) electrons. The van der Waals surface area contributed by atoms with E-state index in [-0.39, 0.29) is 0 Å². The van der Waals surface area contributed by atoms with Crippen LogP contribution in [0.5, 0.6) is 5.75 Å². The van der Waals surface area contributed by atoms with E-state index in [1.807, 2.05) is 0 Å². The van der Waals surface area contributed by atoms with Crippen LogP contribution in [-0.4, -0.2) is 29.0 Å². The van der Waals surface area contributed by atoms with Crippen molar-refractivity contribution in [3.05, 3.63) is 30.1 Å². The van der Waals surface area contributed by atoms with E-state index in [9.17, 15) is 9.90 Å². The molecule has 2 heterocycles. The number of nitrogens with zero attached hydrogens (tertiary/aromatic N) is 1. The van der Waals surface area contributed by atoms with Crippen LogP contribution in [0.2, 0.25) is 0 Å². The van der Waals surface area contributed by atoms with E-state index in [1.165, 1.54) is 31.8 Å². The second kappa shape index (κ2) is 8.54. The van der Waals surface area contributed by atoms with Crippen LogP contribution in [0.15, 0.2) is 24.5 Å². The van der Waals surface area contributed by atoms with E-state index in [4.69, 9.17) is 9.47 Å². The van der Waals surface area contributed by atoms with Crippen LogP contribution >= 0.6 is 0 Å². The molecular formula is C17H23NO4. The Morgan fingerprint density at radius 3 is 2.77 bits per heavy atom. The fourth-order valence-corrected chi connectivity index (χ4v) is 2.41. The van der Waals surface area contributed by atoms with Gasteiger partial charge in [0.1, 0.15) is 5.75 Å². The standard InChI is InChI=1S/C17H23NO4/c1-2-3-4-5-6-7-10-21-15-8-9-18-12-14(15)13-11-16(19)22-17(13)20/h8-9,11-12,17,20H,2-7,10H2,1H3. The zero-order chi connectivity index (χ0) is 15.8. The number of aliphatic hydroxyl groups excluding tert-OH is 1. The summed E-state index contributed by atoms with van der Waals surface area (Å²) in [5.74, 6) is 0.0698. The Morgan fingerprint density at radius 1 is 1.27 bits per heavy atom. The van der Waals surface area contributed by atoms with Crippen LogP contribution < -0.4 is 4.74 Å². The minimum atomic E-state index is -1.24. The van der Waals surface area contributed by atoms with Crippen LogP contribution in [0.3, 0.4) is 0 Å². The van der Waals surface area contributed by atoms with Crippen molar-refractivity contribution in [2.24, 2.45) is 0 Å². The Bertz CT molecular complexity index is 527. The highest BCUT2D eigenvalue weighted by atomic mass is 16.6. The summed E-state index contributed by atoms with van der Waals surface area (Å²) in [6.07, 6.45) is 10.4. The SMILES string of the molecule is CCCCCCCCOc1ccncc1C1=CC(=O)OC1O. The van der Waals surface area contributed by atoms with E-state index in [0.29, 0.717) is 23.5 Å². The average molecular weight is 305 g/mol. The molecule has 1 aliphatic heterocycles. The maximum atomic E-state index is 11.2. The number of carbonyl (C=O) groups is 1. The van der Waals surface area contributed by atoms with E-state index < -0.39 is 12.3 Å². The van der Waals surface area contributed by atoms with Gasteiger partial charge in [-0.25, -0.2) is 4.79 Å². The van der Waals surface area contributed by atoms with Crippen molar-refractivity contribution in [2.45, 2.75) is 51.7 Å². The van der Waals surface area contributed by atoms with Crippen LogP contribution in [0.4, 0.5) is 0 Å². The van der Waals surface area contributed by atoms with Crippen LogP contribution in [0.1, 0.15) is 51.0 Å². The van der Waals surface area contributed by atoms with Crippen LogP contribution in [-0.2, 0) is 9.53 Å². The highest BCUT2D eigenvalue weighted by Crippen LogP contribution is 2.31. The van der Waals surface area contributed by atoms with Gasteiger partial charge in [-0.15, -0.1) is 0 Å². The lowest BCUT2D eigenvalue weighted by atomic mass is 10.1. The van der Waals surface area contributed by atoms with Gasteiger partial charge in [0.05, 0.1) is 6.61 Å². The molecule has 0 amide bonds. The van der Waals surface area contributed by atoms with Gasteiger partial charge in [-0.3, -0.25) is 4.98 Å². The smallest absolute Gasteiger partial charge is 0.333 e. The molecule has 5 heteroatoms. The Balaban J connectivity index is 1.87. The second-order valence-corrected chi connectivity index (χ2v) is 5.38. The molecule has 5 nitrogen and oxygen atoms in total. The number of aliphatic hydroxyl groups is 1. The predicted octanol–water partition coefficient (Wildman–Crippen LogP) is 3.08. The number of unbranched alkanes of at least 4 members (excludes halogenated alkanes) is 5. The fourth-order valence-electron chi connectivity index (χ4n) is 2.41. The van der Waals surface area contributed by atoms with Gasteiger partial charge in [0, 0.05) is 29.6 Å². The quantitative estimate of drug-likeness (QED) is 0.561. The molecular weight excluding hydrogens is 282 g/mol. The zero-order valence-electron chi connectivity index (χ0n) is 13.0. The lowest BCUT2D eigenvalue weighted by molar-refractivity contribution is -0.149. The van der Waals surface area contributed by atoms with Crippen molar-refractivity contribution >= 4 is 11.5 Å². The Labute approximate surface area is 131 Å². The summed E-state index contributed by atoms with van der Waals surface area (Å²) in [5.41, 5.74) is 1.00. The lowest BCUT2D eigenvalue weighted by Crippen LogP contribution is -2.10. The molecule has 0 aromatic carbocycles. The molecule has 0 spiro atoms. The number of esters is 1. The minimum Gasteiger partial charge on any atom is -0.493 e. The molecule has 0 fully saturated rings. The first-order valence-electron chi connectivity index (χ1n) is 7.90. The van der Waals surface area contributed by atoms with E-state index >= 15 is 0 Å². The van der Waals surface area contributed by atoms with Gasteiger partial charge in [-0.05, 0) is 12.5 Å². The maximum absolute atomic E-state index is 11.2. The number of rotatable bonds is 9. The first kappa shape index (κ1) is 16.5. The van der Waals surface area contributed by atoms with E-state index in [0.717, 1.165) is 12.8 Å². The van der Waals surface area contributed by atoms with Gasteiger partial charge >= 0.3 is 5.97 Å². The zero-order valence-corrected chi connectivity index (χ0v) is 13.0. The van der Waals surface area contributed by atoms with Gasteiger partial charge in [0.2, 0.25) is 6.29 Å². The minimum absolute atomic E-state index is 0.399. The highest BCUT2D eigenvalue weighted by molar-refractivity contribution is 5.97. The van der Waals surface area contributed by atoms with Crippen molar-refractivity contribution in [1.29, 1.82) is 0 Å². The molecule has 1 unspecified atom stereocenters. The normalized spacial score (nSPS) is 17.3. The molecule has 0 aliphatic carbocycles. The third-order valence-corrected chi connectivity index (χ3v) is 3.61. The summed E-state index contributed by atoms with van der Waals surface area (Å²) in [6, 6.07) is 1.74. The molecule has 1 atom stereocenters. The van der Waals surface area contributed by atoms with Gasteiger partial charge in [-0.2, -0.15) is 0 Å². The number of hydrogen-bond donors (Lipinski definition) is 1. The van der Waals surface area contributed by atoms with Crippen molar-refractivity contribution in [3.63, 3.8) is 0 Å². The first-order chi connectivity index (χ1) is 10.7. The summed E-state index contributed by atoms with van der Waals surface area (Å²) >= 11 is 0. The van der Waals surface area contributed by atoms with E-state index in [1.54, 1.807) is 18.5 Å². The molecule has 1 aromatic rings. The molecule has 1 N–H and O–H groups in total. The average Bonchev–Trinajstić information content (AvgIpc) is 2.85. The van der Waals surface area contributed by atoms with Gasteiger partial charge in [-0.1, -0.05) is 39.0 Å². The topological polar surface area (TPSA) is 68.7 Å². The Morgan fingerprint density at radius 2 is 2.05 bits per heavy atom. The van der Waals surface area contributed by atoms with Gasteiger partial charge < -0.3 is 14.6 Å². The maximum Gasteiger partial charge on any atom is 0.333 e. The number of ether oxygens (including phenoxy) is 2. The number of aromatic nitrogens is 1. The summed E-state index contributed by atoms with van der Waals surface area (Å²) < 4.78 is 10.5. The molecule has 22 heavy (non-hydrogen) atoms. The summed E-state index contributed by atoms with van der Waals surface area (Å²) in [4.78, 5) is 15.2. The van der Waals surface area contributed by atoms with Crippen molar-refractivity contribution in [3.8, 4) is 5.75 Å². The summed E-state index contributed by atoms with van der Waals surface area (Å²) in [7, 11) is 0. The monoisotopic (exact) mass is 305 g/mol. The van der Waals surface area contributed by atoms with E-state index in [2.05, 4.69) is 11.9 Å². The molecule has 0 saturated heterocycles. The largest absolute Gasteiger partial charge is 0.493 e. The highest BCUT2D eigenvalue weighted by Gasteiger charge is 2.27. The number of cyclic esters (lactones) is 1. The molecule has 0 bridgehead atoms. The lowest BCUT2D eigenvalue weighted by Gasteiger charge is -2.13. The number of pyridine rings is 1. The third kappa shape index (κ3) is 4.56. The van der Waals surface area contributed by atoms with Crippen molar-refractivity contribution < 1.29 is 19.4 Å². The van der Waals surface area contributed by atoms with Gasteiger partial charge in [0.15, 0.2) is 0 Å². The number of carbonyl (C=O) groups excluding carboxylic acids is 1. The fraction of sp³-hybridized carbons (Fsp3) is 0.529. The molecule has 0 saturated carbocycles. The summed E-state index contributed by atoms with van der Waals surface area (Å²) in [5, 5.41) is 9.73. The third-order valence-electron chi connectivity index (χ3n) is 3.61. The molecule has 2 rings (SSSR count). The molecule has 120 valence electrons. The molecule has 1 aliphatic rings. The van der Waals surface area contributed by atoms with Crippen molar-refractivity contribution in [2.75, 3.05) is 6.61 Å². The predicted molar refractivity (Wildman–Crippen MR) is 83.2 cm³/mol. The van der Waals surface area contributed by atoms with Crippen LogP contribution in [0, 0.1) is 0 Å². The Kier molecular flexibility index (Phi) is 6.40. The molecule has 1 aromatic heterocycles. The first-order valence-corrected chi connectivity index (χ1v) is 7.90. The Hall–Kier alpha value is -1.88. The van der Waals surface area contributed by atoms with Crippen LogP contribution in [0.25, 0.3) is 5.57 Å². The van der Waals surface area contributed by atoms with Crippen molar-refractivity contribution in [1.82, 2.24) is 4.98 Å². The summed E-state index contributed by atoms with van der Waals surface area (Å²) in [6.45, 7) is 2.82. The second-order valence-electron chi connectivity index (χ2n) is 5.38.